The third kappa shape index (κ3) is 2.93. The molecule has 2 rings (SSSR count). The van der Waals surface area contributed by atoms with Crippen LogP contribution < -0.4 is 4.90 Å². The quantitative estimate of drug-likeness (QED) is 0.802. The summed E-state index contributed by atoms with van der Waals surface area (Å²) < 4.78 is 49.9. The van der Waals surface area contributed by atoms with Crippen LogP contribution >= 0.6 is 11.3 Å². The van der Waals surface area contributed by atoms with Crippen molar-refractivity contribution in [1.29, 1.82) is 0 Å². The molecule has 0 spiro atoms. The molecular formula is C11H7F4N3OS. The summed E-state index contributed by atoms with van der Waals surface area (Å²) in [6, 6.07) is 1.15. The number of carbonyl (C=O) groups is 1. The van der Waals surface area contributed by atoms with Gasteiger partial charge in [0.25, 0.3) is 0 Å². The van der Waals surface area contributed by atoms with Crippen molar-refractivity contribution in [3.8, 4) is 10.6 Å². The van der Waals surface area contributed by atoms with E-state index in [4.69, 9.17) is 0 Å². The van der Waals surface area contributed by atoms with Crippen LogP contribution in [0.2, 0.25) is 0 Å². The Bertz CT molecular complexity index is 641. The van der Waals surface area contributed by atoms with Gasteiger partial charge in [-0.3, -0.25) is 14.7 Å². The highest BCUT2D eigenvalue weighted by atomic mass is 32.1. The second-order valence-electron chi connectivity index (χ2n) is 3.76. The van der Waals surface area contributed by atoms with Crippen molar-refractivity contribution in [3.63, 3.8) is 0 Å². The van der Waals surface area contributed by atoms with Gasteiger partial charge >= 0.3 is 12.1 Å². The van der Waals surface area contributed by atoms with Crippen LogP contribution in [0.3, 0.4) is 0 Å². The minimum absolute atomic E-state index is 0.00610. The Kier molecular flexibility index (Phi) is 3.71. The van der Waals surface area contributed by atoms with Gasteiger partial charge in [0.2, 0.25) is 0 Å². The number of hydrogen-bond acceptors (Lipinski definition) is 4. The first-order chi connectivity index (χ1) is 9.29. The molecule has 0 aromatic carbocycles. The molecule has 2 heterocycles. The van der Waals surface area contributed by atoms with E-state index in [1.807, 2.05) is 0 Å². The number of alkyl halides is 3. The fourth-order valence-electron chi connectivity index (χ4n) is 1.37. The van der Waals surface area contributed by atoms with Crippen molar-refractivity contribution in [1.82, 2.24) is 9.97 Å². The molecule has 9 heteroatoms. The Balaban J connectivity index is 2.28. The average molecular weight is 305 g/mol. The maximum absolute atomic E-state index is 13.0. The van der Waals surface area contributed by atoms with Crippen molar-refractivity contribution in [2.45, 2.75) is 6.18 Å². The first-order valence-corrected chi connectivity index (χ1v) is 6.02. The molecule has 106 valence electrons. The van der Waals surface area contributed by atoms with Crippen LogP contribution in [-0.4, -0.2) is 29.1 Å². The third-order valence-electron chi connectivity index (χ3n) is 2.32. The maximum atomic E-state index is 13.0. The zero-order valence-electron chi connectivity index (χ0n) is 9.98. The van der Waals surface area contributed by atoms with Gasteiger partial charge in [-0.05, 0) is 6.07 Å². The number of anilines is 1. The lowest BCUT2D eigenvalue weighted by Gasteiger charge is -2.15. The molecule has 0 aliphatic carbocycles. The van der Waals surface area contributed by atoms with Gasteiger partial charge in [-0.2, -0.15) is 13.2 Å². The van der Waals surface area contributed by atoms with Crippen LogP contribution in [0.1, 0.15) is 0 Å². The first-order valence-electron chi connectivity index (χ1n) is 5.20. The van der Waals surface area contributed by atoms with Crippen LogP contribution in [0.4, 0.5) is 22.6 Å². The molecule has 2 aromatic rings. The predicted octanol–water partition coefficient (Wildman–Crippen LogP) is 2.87. The number of aromatic nitrogens is 2. The van der Waals surface area contributed by atoms with Crippen molar-refractivity contribution < 1.29 is 22.4 Å². The molecule has 0 saturated heterocycles. The van der Waals surface area contributed by atoms with E-state index in [-0.39, 0.29) is 10.0 Å². The average Bonchev–Trinajstić information content (AvgIpc) is 2.85. The largest absolute Gasteiger partial charge is 0.471 e. The Morgan fingerprint density at radius 3 is 2.60 bits per heavy atom. The Morgan fingerprint density at radius 2 is 2.00 bits per heavy atom. The third-order valence-corrected chi connectivity index (χ3v) is 3.45. The van der Waals surface area contributed by atoms with Gasteiger partial charge in [-0.25, -0.2) is 9.37 Å². The van der Waals surface area contributed by atoms with E-state index in [1.54, 1.807) is 0 Å². The Hall–Kier alpha value is -2.03. The predicted molar refractivity (Wildman–Crippen MR) is 64.8 cm³/mol. The normalized spacial score (nSPS) is 11.4. The monoisotopic (exact) mass is 305 g/mol. The lowest BCUT2D eigenvalue weighted by atomic mass is 10.3. The first kappa shape index (κ1) is 14.4. The highest BCUT2D eigenvalue weighted by molar-refractivity contribution is 7.19. The minimum Gasteiger partial charge on any atom is -0.298 e. The Labute approximate surface area is 114 Å². The smallest absolute Gasteiger partial charge is 0.298 e. The van der Waals surface area contributed by atoms with Crippen LogP contribution in [-0.2, 0) is 4.79 Å². The highest BCUT2D eigenvalue weighted by Gasteiger charge is 2.42. The van der Waals surface area contributed by atoms with Gasteiger partial charge in [0.15, 0.2) is 0 Å². The number of hydrogen-bond donors (Lipinski definition) is 0. The van der Waals surface area contributed by atoms with E-state index < -0.39 is 17.9 Å². The summed E-state index contributed by atoms with van der Waals surface area (Å²) >= 11 is 0.835. The van der Waals surface area contributed by atoms with Crippen molar-refractivity contribution in [3.05, 3.63) is 30.5 Å². The van der Waals surface area contributed by atoms with E-state index in [1.165, 1.54) is 6.20 Å². The second-order valence-corrected chi connectivity index (χ2v) is 4.77. The van der Waals surface area contributed by atoms with Crippen LogP contribution in [0, 0.1) is 5.82 Å². The van der Waals surface area contributed by atoms with Gasteiger partial charge in [0.05, 0.1) is 12.4 Å². The minimum atomic E-state index is -4.96. The number of rotatable bonds is 2. The number of nitrogens with zero attached hydrogens (tertiary/aromatic N) is 3. The van der Waals surface area contributed by atoms with Crippen molar-refractivity contribution in [2.75, 3.05) is 11.9 Å². The molecule has 0 fully saturated rings. The van der Waals surface area contributed by atoms with Gasteiger partial charge in [-0.1, -0.05) is 11.3 Å². The van der Waals surface area contributed by atoms with Gasteiger partial charge in [0.1, 0.15) is 15.8 Å². The molecule has 1 amide bonds. The topological polar surface area (TPSA) is 46.1 Å². The van der Waals surface area contributed by atoms with Gasteiger partial charge in [0, 0.05) is 18.8 Å². The SMILES string of the molecule is CN(C(=O)C(F)(F)F)c1cnc(-c2cncc(F)c2)s1. The molecule has 20 heavy (non-hydrogen) atoms. The number of thiazole rings is 1. The summed E-state index contributed by atoms with van der Waals surface area (Å²) in [6.07, 6.45) is -1.51. The molecule has 0 unspecified atom stereocenters. The summed E-state index contributed by atoms with van der Waals surface area (Å²) in [7, 11) is 0.997. The number of pyridine rings is 1. The van der Waals surface area contributed by atoms with E-state index >= 15 is 0 Å². The van der Waals surface area contributed by atoms with E-state index in [0.717, 1.165) is 36.8 Å². The summed E-state index contributed by atoms with van der Waals surface area (Å²) in [6.45, 7) is 0. The maximum Gasteiger partial charge on any atom is 0.471 e. The van der Waals surface area contributed by atoms with Crippen LogP contribution in [0.15, 0.2) is 24.7 Å². The number of halogens is 4. The Morgan fingerprint density at radius 1 is 1.30 bits per heavy atom. The summed E-state index contributed by atoms with van der Waals surface area (Å²) in [4.78, 5) is 19.0. The van der Waals surface area contributed by atoms with Crippen LogP contribution in [0.25, 0.3) is 10.6 Å². The zero-order chi connectivity index (χ0) is 14.9. The summed E-state index contributed by atoms with van der Waals surface area (Å²) in [5, 5.41) is 0.278. The molecule has 0 aliphatic rings. The number of carbonyl (C=O) groups excluding carboxylic acids is 1. The molecule has 0 atom stereocenters. The lowest BCUT2D eigenvalue weighted by molar-refractivity contribution is -0.170. The molecule has 0 radical (unpaired) electrons. The molecule has 0 bridgehead atoms. The second kappa shape index (κ2) is 5.16. The molecule has 2 aromatic heterocycles. The van der Waals surface area contributed by atoms with Crippen LogP contribution in [0.5, 0.6) is 0 Å². The fraction of sp³-hybridized carbons (Fsp3) is 0.182. The van der Waals surface area contributed by atoms with E-state index in [0.29, 0.717) is 10.5 Å². The summed E-state index contributed by atoms with van der Waals surface area (Å²) in [5.74, 6) is -2.58. The molecule has 0 N–H and O–H groups in total. The fourth-order valence-corrected chi connectivity index (χ4v) is 2.23. The molecule has 4 nitrogen and oxygen atoms in total. The molecule has 0 saturated carbocycles. The highest BCUT2D eigenvalue weighted by Crippen LogP contribution is 2.32. The lowest BCUT2D eigenvalue weighted by Crippen LogP contribution is -2.38. The zero-order valence-corrected chi connectivity index (χ0v) is 10.8. The molecular weight excluding hydrogens is 298 g/mol. The van der Waals surface area contributed by atoms with Gasteiger partial charge in [-0.15, -0.1) is 0 Å². The van der Waals surface area contributed by atoms with Gasteiger partial charge < -0.3 is 0 Å². The number of amides is 1. The standard InChI is InChI=1S/C11H7F4N3OS/c1-18(10(19)11(13,14)15)8-5-17-9(20-8)6-2-7(12)4-16-3-6/h2-5H,1H3. The van der Waals surface area contributed by atoms with E-state index in [9.17, 15) is 22.4 Å². The van der Waals surface area contributed by atoms with Crippen molar-refractivity contribution in [2.24, 2.45) is 0 Å². The van der Waals surface area contributed by atoms with Crippen molar-refractivity contribution >= 4 is 22.2 Å². The van der Waals surface area contributed by atoms with E-state index in [2.05, 4.69) is 9.97 Å². The summed E-state index contributed by atoms with van der Waals surface area (Å²) in [5.41, 5.74) is 0.328. The molecule has 0 aliphatic heterocycles.